The van der Waals surface area contributed by atoms with Crippen LogP contribution >= 0.6 is 34.4 Å². The van der Waals surface area contributed by atoms with Gasteiger partial charge >= 0.3 is 0 Å². The van der Waals surface area contributed by atoms with Gasteiger partial charge in [-0.2, -0.15) is 0 Å². The largest absolute Gasteiger partial charge is 0.309 e. The fourth-order valence-electron chi connectivity index (χ4n) is 2.85. The highest BCUT2D eigenvalue weighted by Gasteiger charge is 2.18. The van der Waals surface area contributed by atoms with Crippen molar-refractivity contribution in [2.75, 3.05) is 0 Å². The molecule has 1 unspecified atom stereocenters. The van der Waals surface area contributed by atoms with E-state index in [4.69, 9.17) is 4.98 Å². The standard InChI is InChI=1S/C18H19N5OS3/c1-10-11(2)26-17-14(10)16(24)20-15(21-17)12(3)27-18-22-19-9-23(18)7-6-13-5-4-8-25-13/h4-5,8-9,12H,6-7H2,1-3H3,(H,20,21,24). The summed E-state index contributed by atoms with van der Waals surface area (Å²) in [5.74, 6) is 0.673. The van der Waals surface area contributed by atoms with Crippen molar-refractivity contribution < 1.29 is 0 Å². The van der Waals surface area contributed by atoms with Crippen LogP contribution in [0.25, 0.3) is 10.2 Å². The lowest BCUT2D eigenvalue weighted by atomic mass is 10.2. The van der Waals surface area contributed by atoms with Crippen LogP contribution in [0.15, 0.2) is 33.8 Å². The third kappa shape index (κ3) is 3.71. The van der Waals surface area contributed by atoms with Crippen LogP contribution in [0.3, 0.4) is 0 Å². The Balaban J connectivity index is 1.54. The maximum absolute atomic E-state index is 12.5. The Morgan fingerprint density at radius 1 is 1.37 bits per heavy atom. The third-order valence-corrected chi connectivity index (χ3v) is 7.62. The number of aromatic amines is 1. The van der Waals surface area contributed by atoms with E-state index in [1.807, 2.05) is 20.8 Å². The summed E-state index contributed by atoms with van der Waals surface area (Å²) >= 11 is 4.89. The molecule has 1 N–H and O–H groups in total. The molecule has 0 radical (unpaired) electrons. The van der Waals surface area contributed by atoms with E-state index in [-0.39, 0.29) is 10.8 Å². The van der Waals surface area contributed by atoms with Gasteiger partial charge in [0.15, 0.2) is 5.16 Å². The van der Waals surface area contributed by atoms with Crippen LogP contribution in [0.4, 0.5) is 0 Å². The Labute approximate surface area is 168 Å². The first-order valence-electron chi connectivity index (χ1n) is 8.59. The molecule has 140 valence electrons. The summed E-state index contributed by atoms with van der Waals surface area (Å²) in [6, 6.07) is 4.20. The molecule has 0 saturated heterocycles. The van der Waals surface area contributed by atoms with E-state index >= 15 is 0 Å². The van der Waals surface area contributed by atoms with E-state index in [1.54, 1.807) is 40.8 Å². The van der Waals surface area contributed by atoms with Crippen molar-refractivity contribution in [3.05, 3.63) is 55.3 Å². The van der Waals surface area contributed by atoms with Crippen LogP contribution in [-0.4, -0.2) is 24.7 Å². The fraction of sp³-hybridized carbons (Fsp3) is 0.333. The first kappa shape index (κ1) is 18.4. The molecule has 0 aliphatic carbocycles. The molecule has 4 rings (SSSR count). The Morgan fingerprint density at radius 3 is 3.00 bits per heavy atom. The molecule has 0 bridgehead atoms. The molecule has 27 heavy (non-hydrogen) atoms. The van der Waals surface area contributed by atoms with Crippen LogP contribution in [0.5, 0.6) is 0 Å². The molecule has 0 aromatic carbocycles. The Hall–Kier alpha value is -1.97. The quantitative estimate of drug-likeness (QED) is 0.472. The summed E-state index contributed by atoms with van der Waals surface area (Å²) in [6.07, 6.45) is 2.71. The molecular formula is C18H19N5OS3. The Kier molecular flexibility index (Phi) is 5.16. The summed E-state index contributed by atoms with van der Waals surface area (Å²) in [6.45, 7) is 6.85. The minimum Gasteiger partial charge on any atom is -0.309 e. The minimum absolute atomic E-state index is 0.0329. The van der Waals surface area contributed by atoms with Crippen molar-refractivity contribution in [2.45, 2.75) is 44.1 Å². The van der Waals surface area contributed by atoms with Crippen molar-refractivity contribution in [1.29, 1.82) is 0 Å². The lowest BCUT2D eigenvalue weighted by molar-refractivity contribution is 0.636. The number of hydrogen-bond acceptors (Lipinski definition) is 7. The zero-order valence-corrected chi connectivity index (χ0v) is 17.7. The van der Waals surface area contributed by atoms with Gasteiger partial charge in [-0.25, -0.2) is 4.98 Å². The van der Waals surface area contributed by atoms with Crippen molar-refractivity contribution in [3.63, 3.8) is 0 Å². The number of nitrogens with zero attached hydrogens (tertiary/aromatic N) is 4. The fourth-order valence-corrected chi connectivity index (χ4v) is 5.50. The number of aryl methyl sites for hydroxylation is 4. The van der Waals surface area contributed by atoms with Gasteiger partial charge in [0.2, 0.25) is 0 Å². The minimum atomic E-state index is -0.0662. The molecule has 0 saturated carbocycles. The highest BCUT2D eigenvalue weighted by molar-refractivity contribution is 7.99. The van der Waals surface area contributed by atoms with Crippen molar-refractivity contribution >= 4 is 44.7 Å². The van der Waals surface area contributed by atoms with Gasteiger partial charge in [-0.3, -0.25) is 4.79 Å². The van der Waals surface area contributed by atoms with Crippen LogP contribution in [-0.2, 0) is 13.0 Å². The molecular weight excluding hydrogens is 398 g/mol. The van der Waals surface area contributed by atoms with E-state index in [0.717, 1.165) is 33.4 Å². The Bertz CT molecular complexity index is 1130. The summed E-state index contributed by atoms with van der Waals surface area (Å²) in [7, 11) is 0. The normalized spacial score (nSPS) is 12.7. The number of aromatic nitrogens is 5. The van der Waals surface area contributed by atoms with E-state index in [9.17, 15) is 4.79 Å². The molecule has 9 heteroatoms. The second-order valence-electron chi connectivity index (χ2n) is 6.31. The van der Waals surface area contributed by atoms with Crippen molar-refractivity contribution in [3.8, 4) is 0 Å². The summed E-state index contributed by atoms with van der Waals surface area (Å²) in [4.78, 5) is 23.4. The third-order valence-electron chi connectivity index (χ3n) is 4.48. The van der Waals surface area contributed by atoms with Crippen LogP contribution in [0.1, 0.15) is 33.3 Å². The summed E-state index contributed by atoms with van der Waals surface area (Å²) < 4.78 is 2.05. The number of rotatable bonds is 6. The van der Waals surface area contributed by atoms with E-state index in [1.165, 1.54) is 4.88 Å². The van der Waals surface area contributed by atoms with E-state index < -0.39 is 0 Å². The van der Waals surface area contributed by atoms with Gasteiger partial charge in [0.05, 0.1) is 10.6 Å². The molecule has 6 nitrogen and oxygen atoms in total. The average molecular weight is 418 g/mol. The highest BCUT2D eigenvalue weighted by atomic mass is 32.2. The predicted molar refractivity (Wildman–Crippen MR) is 112 cm³/mol. The molecule has 0 fully saturated rings. The monoisotopic (exact) mass is 417 g/mol. The molecule has 0 aliphatic heterocycles. The van der Waals surface area contributed by atoms with Crippen molar-refractivity contribution in [2.24, 2.45) is 0 Å². The first-order chi connectivity index (χ1) is 13.0. The second-order valence-corrected chi connectivity index (χ2v) is 9.85. The molecule has 0 aliphatic rings. The van der Waals surface area contributed by atoms with Gasteiger partial charge in [-0.15, -0.1) is 32.9 Å². The van der Waals surface area contributed by atoms with Crippen LogP contribution in [0.2, 0.25) is 0 Å². The SMILES string of the molecule is Cc1sc2nc(C(C)Sc3nncn3CCc3cccs3)[nH]c(=O)c2c1C. The summed E-state index contributed by atoms with van der Waals surface area (Å²) in [5.41, 5.74) is 0.951. The van der Waals surface area contributed by atoms with Gasteiger partial charge in [-0.1, -0.05) is 17.8 Å². The van der Waals surface area contributed by atoms with Gasteiger partial charge in [-0.05, 0) is 44.2 Å². The first-order valence-corrected chi connectivity index (χ1v) is 11.2. The maximum atomic E-state index is 12.5. The highest BCUT2D eigenvalue weighted by Crippen LogP contribution is 2.33. The number of hydrogen-bond donors (Lipinski definition) is 1. The zero-order valence-electron chi connectivity index (χ0n) is 15.2. The smallest absolute Gasteiger partial charge is 0.259 e. The van der Waals surface area contributed by atoms with Gasteiger partial charge < -0.3 is 9.55 Å². The molecule has 1 atom stereocenters. The summed E-state index contributed by atoms with van der Waals surface area (Å²) in [5, 5.41) is 11.9. The van der Waals surface area contributed by atoms with Crippen LogP contribution < -0.4 is 5.56 Å². The number of nitrogens with one attached hydrogen (secondary N) is 1. The average Bonchev–Trinajstić information content (AvgIpc) is 3.35. The lowest BCUT2D eigenvalue weighted by Gasteiger charge is -2.11. The number of thiophene rings is 2. The van der Waals surface area contributed by atoms with Crippen molar-refractivity contribution in [1.82, 2.24) is 24.7 Å². The molecule has 4 heterocycles. The van der Waals surface area contributed by atoms with E-state index in [2.05, 4.69) is 37.3 Å². The second kappa shape index (κ2) is 7.57. The molecule has 0 spiro atoms. The topological polar surface area (TPSA) is 76.5 Å². The maximum Gasteiger partial charge on any atom is 0.259 e. The lowest BCUT2D eigenvalue weighted by Crippen LogP contribution is -2.13. The predicted octanol–water partition coefficient (Wildman–Crippen LogP) is 4.35. The Morgan fingerprint density at radius 2 is 2.22 bits per heavy atom. The van der Waals surface area contributed by atoms with Gasteiger partial charge in [0.25, 0.3) is 5.56 Å². The molecule has 4 aromatic rings. The molecule has 0 amide bonds. The van der Waals surface area contributed by atoms with Crippen LogP contribution in [0, 0.1) is 13.8 Å². The number of H-pyrrole nitrogens is 1. The number of fused-ring (bicyclic) bond motifs is 1. The number of thioether (sulfide) groups is 1. The van der Waals surface area contributed by atoms with E-state index in [0.29, 0.717) is 11.2 Å². The van der Waals surface area contributed by atoms with Gasteiger partial charge in [0.1, 0.15) is 17.0 Å². The molecule has 4 aromatic heterocycles. The van der Waals surface area contributed by atoms with Gasteiger partial charge in [0, 0.05) is 16.3 Å². The zero-order chi connectivity index (χ0) is 19.0.